The van der Waals surface area contributed by atoms with Gasteiger partial charge in [-0.1, -0.05) is 13.8 Å². The Morgan fingerprint density at radius 2 is 1.94 bits per heavy atom. The van der Waals surface area contributed by atoms with Gasteiger partial charge in [-0.25, -0.2) is 21.9 Å². The minimum absolute atomic E-state index is 0.00316. The summed E-state index contributed by atoms with van der Waals surface area (Å²) < 4.78 is 51.7. The molecule has 0 fully saturated rings. The number of nitrogens with two attached hydrogens (primary N) is 1. The second-order valence-corrected chi connectivity index (χ2v) is 6.07. The average molecular weight is 278 g/mol. The van der Waals surface area contributed by atoms with E-state index in [1.807, 2.05) is 13.8 Å². The summed E-state index contributed by atoms with van der Waals surface area (Å²) in [5.41, 5.74) is 5.68. The van der Waals surface area contributed by atoms with E-state index in [0.29, 0.717) is 6.07 Å². The van der Waals surface area contributed by atoms with E-state index in [4.69, 9.17) is 5.73 Å². The van der Waals surface area contributed by atoms with Crippen LogP contribution in [0.25, 0.3) is 0 Å². The topological polar surface area (TPSA) is 72.2 Å². The molecular weight excluding hydrogens is 262 g/mol. The Morgan fingerprint density at radius 1 is 1.33 bits per heavy atom. The smallest absolute Gasteiger partial charge is 0.243 e. The minimum atomic E-state index is -4.01. The van der Waals surface area contributed by atoms with Crippen LogP contribution in [0.1, 0.15) is 13.8 Å². The van der Waals surface area contributed by atoms with Gasteiger partial charge in [0.05, 0.1) is 0 Å². The van der Waals surface area contributed by atoms with Crippen molar-refractivity contribution in [3.63, 3.8) is 0 Å². The van der Waals surface area contributed by atoms with Gasteiger partial charge in [0.2, 0.25) is 10.0 Å². The third-order valence-electron chi connectivity index (χ3n) is 2.55. The predicted molar refractivity (Wildman–Crippen MR) is 64.4 cm³/mol. The van der Waals surface area contributed by atoms with Gasteiger partial charge < -0.3 is 5.73 Å². The van der Waals surface area contributed by atoms with E-state index in [0.717, 1.165) is 12.1 Å². The molecule has 0 spiro atoms. The van der Waals surface area contributed by atoms with Crippen molar-refractivity contribution >= 4 is 10.0 Å². The summed E-state index contributed by atoms with van der Waals surface area (Å²) in [5.74, 6) is -1.86. The quantitative estimate of drug-likeness (QED) is 0.851. The van der Waals surface area contributed by atoms with E-state index in [1.165, 1.54) is 0 Å². The zero-order chi connectivity index (χ0) is 13.9. The molecule has 0 amide bonds. The van der Waals surface area contributed by atoms with Gasteiger partial charge in [-0.2, -0.15) is 0 Å². The summed E-state index contributed by atoms with van der Waals surface area (Å²) in [7, 11) is -4.01. The van der Waals surface area contributed by atoms with Gasteiger partial charge in [-0.3, -0.25) is 0 Å². The summed E-state index contributed by atoms with van der Waals surface area (Å²) >= 11 is 0. The van der Waals surface area contributed by atoms with Crippen molar-refractivity contribution in [3.8, 4) is 0 Å². The molecule has 4 nitrogen and oxygen atoms in total. The van der Waals surface area contributed by atoms with Crippen molar-refractivity contribution in [1.29, 1.82) is 0 Å². The standard InChI is InChI=1S/C11H16F2N2O2S/c1-7(2)10(14)6-15-18(16,17)11-4-3-8(12)5-9(11)13/h3-5,7,10,15H,6,14H2,1-2H3. The van der Waals surface area contributed by atoms with Crippen LogP contribution in [-0.4, -0.2) is 21.0 Å². The van der Waals surface area contributed by atoms with E-state index in [1.54, 1.807) is 0 Å². The molecule has 0 aliphatic heterocycles. The highest BCUT2D eigenvalue weighted by atomic mass is 32.2. The maximum atomic E-state index is 13.3. The summed E-state index contributed by atoms with van der Waals surface area (Å²) in [4.78, 5) is -0.583. The van der Waals surface area contributed by atoms with Crippen LogP contribution in [0, 0.1) is 17.6 Å². The van der Waals surface area contributed by atoms with Crippen molar-refractivity contribution in [2.75, 3.05) is 6.54 Å². The van der Waals surface area contributed by atoms with Crippen LogP contribution < -0.4 is 10.5 Å². The maximum absolute atomic E-state index is 13.3. The highest BCUT2D eigenvalue weighted by molar-refractivity contribution is 7.89. The van der Waals surface area contributed by atoms with Gasteiger partial charge in [-0.05, 0) is 18.1 Å². The Labute approximate surface area is 105 Å². The SMILES string of the molecule is CC(C)C(N)CNS(=O)(=O)c1ccc(F)cc1F. The van der Waals surface area contributed by atoms with E-state index in [2.05, 4.69) is 4.72 Å². The van der Waals surface area contributed by atoms with Crippen LogP contribution >= 0.6 is 0 Å². The van der Waals surface area contributed by atoms with Crippen LogP contribution in [0.15, 0.2) is 23.1 Å². The molecule has 102 valence electrons. The number of hydrogen-bond acceptors (Lipinski definition) is 3. The van der Waals surface area contributed by atoms with Gasteiger partial charge in [0, 0.05) is 18.7 Å². The number of sulfonamides is 1. The van der Waals surface area contributed by atoms with Gasteiger partial charge in [-0.15, -0.1) is 0 Å². The summed E-state index contributed by atoms with van der Waals surface area (Å²) in [6.45, 7) is 3.69. The van der Waals surface area contributed by atoms with Crippen LogP contribution in [-0.2, 0) is 10.0 Å². The highest BCUT2D eigenvalue weighted by Gasteiger charge is 2.20. The summed E-state index contributed by atoms with van der Waals surface area (Å²) in [6.07, 6.45) is 0. The van der Waals surface area contributed by atoms with E-state index < -0.39 is 26.6 Å². The van der Waals surface area contributed by atoms with Gasteiger partial charge in [0.1, 0.15) is 16.5 Å². The Morgan fingerprint density at radius 3 is 2.44 bits per heavy atom. The molecule has 1 aromatic rings. The van der Waals surface area contributed by atoms with Gasteiger partial charge >= 0.3 is 0 Å². The molecule has 1 rings (SSSR count). The number of rotatable bonds is 5. The lowest BCUT2D eigenvalue weighted by Crippen LogP contribution is -2.40. The number of hydrogen-bond donors (Lipinski definition) is 2. The van der Waals surface area contributed by atoms with Crippen molar-refractivity contribution in [2.24, 2.45) is 11.7 Å². The normalized spacial score (nSPS) is 13.9. The first-order valence-electron chi connectivity index (χ1n) is 5.44. The number of benzene rings is 1. The van der Waals surface area contributed by atoms with Gasteiger partial charge in [0.25, 0.3) is 0 Å². The minimum Gasteiger partial charge on any atom is -0.326 e. The molecule has 7 heteroatoms. The largest absolute Gasteiger partial charge is 0.326 e. The molecule has 0 aromatic heterocycles. The van der Waals surface area contributed by atoms with Crippen molar-refractivity contribution in [3.05, 3.63) is 29.8 Å². The number of nitrogens with one attached hydrogen (secondary N) is 1. The van der Waals surface area contributed by atoms with Crippen molar-refractivity contribution in [1.82, 2.24) is 4.72 Å². The molecule has 3 N–H and O–H groups in total. The van der Waals surface area contributed by atoms with Crippen LogP contribution in [0.3, 0.4) is 0 Å². The maximum Gasteiger partial charge on any atom is 0.243 e. The second-order valence-electron chi connectivity index (χ2n) is 4.33. The summed E-state index contributed by atoms with van der Waals surface area (Å²) in [6, 6.07) is 1.92. The Bertz CT molecular complexity index is 518. The third kappa shape index (κ3) is 3.72. The Hall–Kier alpha value is -1.05. The molecular formula is C11H16F2N2O2S. The van der Waals surface area contributed by atoms with Crippen LogP contribution in [0.4, 0.5) is 8.78 Å². The van der Waals surface area contributed by atoms with Crippen LogP contribution in [0.2, 0.25) is 0 Å². The van der Waals surface area contributed by atoms with E-state index in [9.17, 15) is 17.2 Å². The highest BCUT2D eigenvalue weighted by Crippen LogP contribution is 2.15. The molecule has 0 heterocycles. The van der Waals surface area contributed by atoms with E-state index in [-0.39, 0.29) is 18.5 Å². The fourth-order valence-corrected chi connectivity index (χ4v) is 2.34. The lowest BCUT2D eigenvalue weighted by atomic mass is 10.1. The summed E-state index contributed by atoms with van der Waals surface area (Å²) in [5, 5.41) is 0. The Kier molecular flexibility index (Phi) is 4.78. The number of halogens is 2. The first-order valence-corrected chi connectivity index (χ1v) is 6.92. The third-order valence-corrected chi connectivity index (χ3v) is 4.01. The molecule has 0 aliphatic rings. The molecule has 18 heavy (non-hydrogen) atoms. The fraction of sp³-hybridized carbons (Fsp3) is 0.455. The first-order chi connectivity index (χ1) is 8.24. The molecule has 0 saturated carbocycles. The average Bonchev–Trinajstić information content (AvgIpc) is 2.25. The molecule has 0 saturated heterocycles. The fourth-order valence-electron chi connectivity index (χ4n) is 1.21. The molecule has 0 radical (unpaired) electrons. The van der Waals surface area contributed by atoms with Crippen molar-refractivity contribution in [2.45, 2.75) is 24.8 Å². The lowest BCUT2D eigenvalue weighted by Gasteiger charge is -2.16. The molecule has 1 atom stereocenters. The zero-order valence-electron chi connectivity index (χ0n) is 10.2. The van der Waals surface area contributed by atoms with Crippen molar-refractivity contribution < 1.29 is 17.2 Å². The van der Waals surface area contributed by atoms with E-state index >= 15 is 0 Å². The lowest BCUT2D eigenvalue weighted by molar-refractivity contribution is 0.479. The first kappa shape index (κ1) is 15.0. The second kappa shape index (κ2) is 5.73. The molecule has 0 bridgehead atoms. The molecule has 1 unspecified atom stereocenters. The Balaban J connectivity index is 2.87. The zero-order valence-corrected chi connectivity index (χ0v) is 11.0. The van der Waals surface area contributed by atoms with Crippen LogP contribution in [0.5, 0.6) is 0 Å². The molecule has 0 aliphatic carbocycles. The predicted octanol–water partition coefficient (Wildman–Crippen LogP) is 1.23. The van der Waals surface area contributed by atoms with Gasteiger partial charge in [0.15, 0.2) is 0 Å². The monoisotopic (exact) mass is 278 g/mol. The molecule has 1 aromatic carbocycles.